The van der Waals surface area contributed by atoms with E-state index in [0.29, 0.717) is 6.61 Å². The smallest absolute Gasteiger partial charge is 0.156 e. The Morgan fingerprint density at radius 1 is 1.28 bits per heavy atom. The summed E-state index contributed by atoms with van der Waals surface area (Å²) in [5, 5.41) is 18.0. The van der Waals surface area contributed by atoms with E-state index in [2.05, 4.69) is 11.8 Å². The lowest BCUT2D eigenvalue weighted by atomic mass is 10.1. The van der Waals surface area contributed by atoms with Crippen LogP contribution in [0.4, 0.5) is 0 Å². The lowest BCUT2D eigenvalue weighted by Gasteiger charge is -2.18. The molecule has 0 fully saturated rings. The molecule has 0 amide bonds. The standard InChI is InChI=1S/C14H18O4/c1-3-17-11(2)18-14(5-4-10-15)12-6-8-13(16)9-7-12/h6-9,11,14-16H,3,10H2,1-2H3. The maximum Gasteiger partial charge on any atom is 0.156 e. The molecule has 0 saturated carbocycles. The molecule has 0 heterocycles. The highest BCUT2D eigenvalue weighted by Gasteiger charge is 2.13. The van der Waals surface area contributed by atoms with Crippen LogP contribution < -0.4 is 0 Å². The van der Waals surface area contributed by atoms with Gasteiger partial charge in [-0.15, -0.1) is 0 Å². The van der Waals surface area contributed by atoms with Gasteiger partial charge in [-0.05, 0) is 31.5 Å². The van der Waals surface area contributed by atoms with E-state index in [1.54, 1.807) is 31.2 Å². The van der Waals surface area contributed by atoms with Gasteiger partial charge in [-0.2, -0.15) is 0 Å². The van der Waals surface area contributed by atoms with Crippen LogP contribution in [0.3, 0.4) is 0 Å². The molecule has 0 aliphatic carbocycles. The fraction of sp³-hybridized carbons (Fsp3) is 0.429. The largest absolute Gasteiger partial charge is 0.508 e. The van der Waals surface area contributed by atoms with Crippen LogP contribution in [0.15, 0.2) is 24.3 Å². The number of hydrogen-bond acceptors (Lipinski definition) is 4. The third-order valence-electron chi connectivity index (χ3n) is 2.24. The monoisotopic (exact) mass is 250 g/mol. The van der Waals surface area contributed by atoms with Crippen molar-refractivity contribution >= 4 is 0 Å². The Morgan fingerprint density at radius 3 is 2.50 bits per heavy atom. The van der Waals surface area contributed by atoms with Gasteiger partial charge < -0.3 is 19.7 Å². The Hall–Kier alpha value is -1.54. The number of phenols is 1. The zero-order valence-electron chi connectivity index (χ0n) is 10.6. The van der Waals surface area contributed by atoms with E-state index in [1.807, 2.05) is 6.92 Å². The minimum atomic E-state index is -0.487. The molecule has 18 heavy (non-hydrogen) atoms. The molecule has 1 aromatic rings. The van der Waals surface area contributed by atoms with Gasteiger partial charge in [-0.3, -0.25) is 0 Å². The predicted molar refractivity (Wildman–Crippen MR) is 67.9 cm³/mol. The average molecular weight is 250 g/mol. The molecule has 98 valence electrons. The summed E-state index contributed by atoms with van der Waals surface area (Å²) in [7, 11) is 0. The molecular formula is C14H18O4. The molecule has 4 heteroatoms. The van der Waals surface area contributed by atoms with Crippen LogP contribution in [0.2, 0.25) is 0 Å². The summed E-state index contributed by atoms with van der Waals surface area (Å²) in [5.41, 5.74) is 0.806. The highest BCUT2D eigenvalue weighted by molar-refractivity contribution is 5.31. The molecular weight excluding hydrogens is 232 g/mol. The van der Waals surface area contributed by atoms with Crippen LogP contribution in [0.25, 0.3) is 0 Å². The Labute approximate surface area is 107 Å². The van der Waals surface area contributed by atoms with Crippen molar-refractivity contribution in [2.45, 2.75) is 26.2 Å². The quantitative estimate of drug-likeness (QED) is 0.618. The number of aliphatic hydroxyl groups excluding tert-OH is 1. The molecule has 4 nitrogen and oxygen atoms in total. The first-order valence-electron chi connectivity index (χ1n) is 5.82. The maximum atomic E-state index is 9.24. The molecule has 1 rings (SSSR count). The molecule has 1 aromatic carbocycles. The summed E-state index contributed by atoms with van der Waals surface area (Å²) in [4.78, 5) is 0. The molecule has 2 unspecified atom stereocenters. The van der Waals surface area contributed by atoms with Gasteiger partial charge in [-0.25, -0.2) is 0 Å². The van der Waals surface area contributed by atoms with Gasteiger partial charge in [0.05, 0.1) is 0 Å². The normalized spacial score (nSPS) is 13.5. The minimum absolute atomic E-state index is 0.186. The Bertz CT molecular complexity index is 402. The van der Waals surface area contributed by atoms with Crippen LogP contribution in [-0.2, 0) is 9.47 Å². The zero-order valence-corrected chi connectivity index (χ0v) is 10.6. The third kappa shape index (κ3) is 4.76. The first kappa shape index (κ1) is 14.5. The second-order valence-corrected chi connectivity index (χ2v) is 3.61. The average Bonchev–Trinajstić information content (AvgIpc) is 2.36. The van der Waals surface area contributed by atoms with Crippen molar-refractivity contribution in [3.8, 4) is 17.6 Å². The van der Waals surface area contributed by atoms with Crippen LogP contribution in [-0.4, -0.2) is 29.7 Å². The maximum absolute atomic E-state index is 9.24. The molecule has 0 saturated heterocycles. The first-order chi connectivity index (χ1) is 8.67. The van der Waals surface area contributed by atoms with Crippen molar-refractivity contribution in [3.05, 3.63) is 29.8 Å². The predicted octanol–water partition coefficient (Wildman–Crippen LogP) is 1.83. The van der Waals surface area contributed by atoms with Crippen LogP contribution in [0.5, 0.6) is 5.75 Å². The van der Waals surface area contributed by atoms with Crippen molar-refractivity contribution in [2.75, 3.05) is 13.2 Å². The van der Waals surface area contributed by atoms with E-state index in [0.717, 1.165) is 5.56 Å². The molecule has 0 bridgehead atoms. The zero-order chi connectivity index (χ0) is 13.4. The van der Waals surface area contributed by atoms with E-state index in [1.165, 1.54) is 0 Å². The van der Waals surface area contributed by atoms with Crippen molar-refractivity contribution in [2.24, 2.45) is 0 Å². The molecule has 0 spiro atoms. The number of rotatable bonds is 5. The van der Waals surface area contributed by atoms with Crippen LogP contribution in [0, 0.1) is 11.8 Å². The van der Waals surface area contributed by atoms with E-state index >= 15 is 0 Å². The van der Waals surface area contributed by atoms with Gasteiger partial charge in [0.15, 0.2) is 6.29 Å². The second kappa shape index (κ2) is 7.72. The fourth-order valence-electron chi connectivity index (χ4n) is 1.45. The molecule has 0 aliphatic heterocycles. The Kier molecular flexibility index (Phi) is 6.23. The summed E-state index contributed by atoms with van der Waals surface area (Å²) in [5.74, 6) is 5.57. The molecule has 2 atom stereocenters. The van der Waals surface area contributed by atoms with Gasteiger partial charge >= 0.3 is 0 Å². The number of ether oxygens (including phenoxy) is 2. The van der Waals surface area contributed by atoms with E-state index in [-0.39, 0.29) is 18.6 Å². The molecule has 0 aliphatic rings. The molecule has 2 N–H and O–H groups in total. The number of hydrogen-bond donors (Lipinski definition) is 2. The van der Waals surface area contributed by atoms with Gasteiger partial charge in [0, 0.05) is 6.61 Å². The fourth-order valence-corrected chi connectivity index (χ4v) is 1.45. The summed E-state index contributed by atoms with van der Waals surface area (Å²) < 4.78 is 10.9. The topological polar surface area (TPSA) is 58.9 Å². The van der Waals surface area contributed by atoms with Gasteiger partial charge in [-0.1, -0.05) is 24.0 Å². The highest BCUT2D eigenvalue weighted by atomic mass is 16.7. The van der Waals surface area contributed by atoms with Gasteiger partial charge in [0.1, 0.15) is 18.5 Å². The van der Waals surface area contributed by atoms with Crippen molar-refractivity contribution in [1.29, 1.82) is 0 Å². The van der Waals surface area contributed by atoms with Crippen molar-refractivity contribution in [1.82, 2.24) is 0 Å². The summed E-state index contributed by atoms with van der Waals surface area (Å²) in [6, 6.07) is 6.59. The van der Waals surface area contributed by atoms with Crippen LogP contribution in [0.1, 0.15) is 25.5 Å². The second-order valence-electron chi connectivity index (χ2n) is 3.61. The number of aromatic hydroxyl groups is 1. The Morgan fingerprint density at radius 2 is 1.94 bits per heavy atom. The summed E-state index contributed by atoms with van der Waals surface area (Å²) in [6.45, 7) is 4.00. The number of benzene rings is 1. The van der Waals surface area contributed by atoms with Gasteiger partial charge in [0.2, 0.25) is 0 Å². The number of phenolic OH excluding ortho intramolecular Hbond substituents is 1. The summed E-state index contributed by atoms with van der Waals surface area (Å²) in [6.07, 6.45) is -0.874. The molecule has 0 radical (unpaired) electrons. The Balaban J connectivity index is 2.80. The van der Waals surface area contributed by atoms with E-state index < -0.39 is 6.10 Å². The van der Waals surface area contributed by atoms with Crippen LogP contribution >= 0.6 is 0 Å². The van der Waals surface area contributed by atoms with E-state index in [9.17, 15) is 5.11 Å². The highest BCUT2D eigenvalue weighted by Crippen LogP contribution is 2.21. The van der Waals surface area contributed by atoms with E-state index in [4.69, 9.17) is 14.6 Å². The van der Waals surface area contributed by atoms with Gasteiger partial charge in [0.25, 0.3) is 0 Å². The lowest BCUT2D eigenvalue weighted by molar-refractivity contribution is -0.145. The SMILES string of the molecule is CCOC(C)OC(C#CCO)c1ccc(O)cc1. The van der Waals surface area contributed by atoms with Crippen molar-refractivity contribution < 1.29 is 19.7 Å². The first-order valence-corrected chi connectivity index (χ1v) is 5.82. The third-order valence-corrected chi connectivity index (χ3v) is 2.24. The van der Waals surface area contributed by atoms with Crippen molar-refractivity contribution in [3.63, 3.8) is 0 Å². The number of aliphatic hydroxyl groups is 1. The molecule has 0 aromatic heterocycles. The minimum Gasteiger partial charge on any atom is -0.508 e. The summed E-state index contributed by atoms with van der Waals surface area (Å²) >= 11 is 0. The lowest BCUT2D eigenvalue weighted by Crippen LogP contribution is -2.16.